The summed E-state index contributed by atoms with van der Waals surface area (Å²) in [6.45, 7) is 2.74. The van der Waals surface area contributed by atoms with Crippen molar-refractivity contribution in [1.82, 2.24) is 20.2 Å². The number of H-pyrrole nitrogens is 1. The topological polar surface area (TPSA) is 66.5 Å². The Bertz CT molecular complexity index is 674. The molecule has 90 valence electrons. The van der Waals surface area contributed by atoms with Crippen LogP contribution in [-0.2, 0) is 6.54 Å². The predicted octanol–water partition coefficient (Wildman–Crippen LogP) is 2.27. The van der Waals surface area contributed by atoms with E-state index in [2.05, 4.69) is 31.5 Å². The van der Waals surface area contributed by atoms with Gasteiger partial charge in [-0.05, 0) is 24.6 Å². The highest BCUT2D eigenvalue weighted by Crippen LogP contribution is 2.19. The van der Waals surface area contributed by atoms with Crippen molar-refractivity contribution >= 4 is 16.7 Å². The molecular weight excluding hydrogens is 226 g/mol. The van der Waals surface area contributed by atoms with Crippen molar-refractivity contribution in [2.24, 2.45) is 0 Å². The van der Waals surface area contributed by atoms with Gasteiger partial charge in [0.05, 0.1) is 5.69 Å². The number of nitrogens with zero attached hydrogens (tertiary/aromatic N) is 3. The molecule has 5 heteroatoms. The number of nitrogens with one attached hydrogen (secondary N) is 2. The first-order chi connectivity index (χ1) is 8.84. The lowest BCUT2D eigenvalue weighted by atomic mass is 10.2. The van der Waals surface area contributed by atoms with Crippen molar-refractivity contribution in [3.8, 4) is 0 Å². The van der Waals surface area contributed by atoms with E-state index in [0.29, 0.717) is 0 Å². The molecule has 0 aromatic carbocycles. The van der Waals surface area contributed by atoms with Crippen LogP contribution in [0, 0.1) is 6.92 Å². The van der Waals surface area contributed by atoms with Gasteiger partial charge in [0.15, 0.2) is 0 Å². The quantitative estimate of drug-likeness (QED) is 0.735. The lowest BCUT2D eigenvalue weighted by Gasteiger charge is -2.08. The summed E-state index contributed by atoms with van der Waals surface area (Å²) in [6, 6.07) is 5.94. The highest BCUT2D eigenvalue weighted by Gasteiger charge is 2.04. The lowest BCUT2D eigenvalue weighted by Crippen LogP contribution is -2.03. The Labute approximate surface area is 104 Å². The van der Waals surface area contributed by atoms with Crippen molar-refractivity contribution in [1.29, 1.82) is 0 Å². The monoisotopic (exact) mass is 239 g/mol. The van der Waals surface area contributed by atoms with Gasteiger partial charge in [-0.2, -0.15) is 5.10 Å². The van der Waals surface area contributed by atoms with Crippen LogP contribution in [0.25, 0.3) is 11.0 Å². The molecule has 0 radical (unpaired) electrons. The summed E-state index contributed by atoms with van der Waals surface area (Å²) in [5.41, 5.74) is 4.92. The molecule has 3 aromatic rings. The Hall–Kier alpha value is -2.43. The lowest BCUT2D eigenvalue weighted by molar-refractivity contribution is 1.05. The molecule has 2 N–H and O–H groups in total. The van der Waals surface area contributed by atoms with Gasteiger partial charge in [-0.15, -0.1) is 0 Å². The van der Waals surface area contributed by atoms with Gasteiger partial charge in [-0.25, -0.2) is 0 Å². The summed E-state index contributed by atoms with van der Waals surface area (Å²) in [5.74, 6) is 0. The van der Waals surface area contributed by atoms with E-state index in [9.17, 15) is 0 Å². The van der Waals surface area contributed by atoms with Gasteiger partial charge in [-0.3, -0.25) is 15.1 Å². The van der Waals surface area contributed by atoms with E-state index >= 15 is 0 Å². The first-order valence-electron chi connectivity index (χ1n) is 5.77. The third-order valence-corrected chi connectivity index (χ3v) is 2.92. The van der Waals surface area contributed by atoms with Crippen LogP contribution in [0.1, 0.15) is 11.3 Å². The smallest absolute Gasteiger partial charge is 0.134 e. The second kappa shape index (κ2) is 4.44. The van der Waals surface area contributed by atoms with Crippen LogP contribution in [0.3, 0.4) is 0 Å². The van der Waals surface area contributed by atoms with E-state index in [-0.39, 0.29) is 0 Å². The summed E-state index contributed by atoms with van der Waals surface area (Å²) < 4.78 is 0. The summed E-state index contributed by atoms with van der Waals surface area (Å²) in [7, 11) is 0. The molecule has 0 saturated carbocycles. The number of hydrogen-bond acceptors (Lipinski definition) is 4. The van der Waals surface area contributed by atoms with Crippen molar-refractivity contribution in [3.05, 3.63) is 48.0 Å². The molecule has 3 aromatic heterocycles. The van der Waals surface area contributed by atoms with Crippen LogP contribution in [0.4, 0.5) is 5.69 Å². The van der Waals surface area contributed by atoms with Crippen LogP contribution >= 0.6 is 0 Å². The maximum Gasteiger partial charge on any atom is 0.134 e. The van der Waals surface area contributed by atoms with E-state index < -0.39 is 0 Å². The van der Waals surface area contributed by atoms with Gasteiger partial charge in [-0.1, -0.05) is 6.07 Å². The first kappa shape index (κ1) is 10.7. The molecule has 0 amide bonds. The fraction of sp³-hybridized carbons (Fsp3) is 0.154. The van der Waals surface area contributed by atoms with E-state index in [1.807, 2.05) is 19.1 Å². The van der Waals surface area contributed by atoms with Gasteiger partial charge < -0.3 is 5.32 Å². The zero-order valence-electron chi connectivity index (χ0n) is 10.0. The second-order valence-electron chi connectivity index (χ2n) is 4.08. The molecule has 0 saturated heterocycles. The van der Waals surface area contributed by atoms with Crippen LogP contribution in [0.15, 0.2) is 36.8 Å². The summed E-state index contributed by atoms with van der Waals surface area (Å²) in [6.07, 6.45) is 5.36. The van der Waals surface area contributed by atoms with Gasteiger partial charge in [0.25, 0.3) is 0 Å². The maximum absolute atomic E-state index is 4.27. The van der Waals surface area contributed by atoms with Crippen molar-refractivity contribution in [2.75, 3.05) is 5.32 Å². The highest BCUT2D eigenvalue weighted by atomic mass is 15.1. The number of fused-ring (bicyclic) bond motifs is 1. The molecule has 0 bridgehead atoms. The Morgan fingerprint density at radius 3 is 3.06 bits per heavy atom. The van der Waals surface area contributed by atoms with E-state index in [4.69, 9.17) is 0 Å². The molecule has 3 heterocycles. The van der Waals surface area contributed by atoms with Gasteiger partial charge in [0.1, 0.15) is 11.0 Å². The molecule has 0 unspecified atom stereocenters. The summed E-state index contributed by atoms with van der Waals surface area (Å²) in [5, 5.41) is 10.4. The van der Waals surface area contributed by atoms with Gasteiger partial charge in [0, 0.05) is 30.8 Å². The fourth-order valence-corrected chi connectivity index (χ4v) is 1.89. The van der Waals surface area contributed by atoms with E-state index in [1.165, 1.54) is 5.56 Å². The molecule has 0 aliphatic heterocycles. The van der Waals surface area contributed by atoms with Crippen LogP contribution in [0.2, 0.25) is 0 Å². The molecule has 0 fully saturated rings. The summed E-state index contributed by atoms with van der Waals surface area (Å²) in [4.78, 5) is 8.50. The minimum Gasteiger partial charge on any atom is -0.379 e. The molecular formula is C13H13N5. The maximum atomic E-state index is 4.27. The third kappa shape index (κ3) is 1.90. The minimum atomic E-state index is 0.728. The predicted molar refractivity (Wildman–Crippen MR) is 70.2 cm³/mol. The third-order valence-electron chi connectivity index (χ3n) is 2.92. The fourth-order valence-electron chi connectivity index (χ4n) is 1.89. The Balaban J connectivity index is 1.85. The average Bonchev–Trinajstić information content (AvgIpc) is 2.86. The normalized spacial score (nSPS) is 10.7. The largest absolute Gasteiger partial charge is 0.379 e. The highest BCUT2D eigenvalue weighted by molar-refractivity contribution is 5.86. The second-order valence-corrected chi connectivity index (χ2v) is 4.08. The number of pyridine rings is 2. The Morgan fingerprint density at radius 2 is 2.17 bits per heavy atom. The number of anilines is 1. The molecule has 3 rings (SSSR count). The number of aromatic amines is 1. The van der Waals surface area contributed by atoms with Gasteiger partial charge in [0.2, 0.25) is 0 Å². The van der Waals surface area contributed by atoms with E-state index in [0.717, 1.165) is 29.0 Å². The molecule has 0 aliphatic carbocycles. The SMILES string of the molecule is Cc1ncccc1CNc1ccnc2c[nH]nc12. The molecule has 18 heavy (non-hydrogen) atoms. The van der Waals surface area contributed by atoms with E-state index in [1.54, 1.807) is 18.6 Å². The Kier molecular flexibility index (Phi) is 2.64. The van der Waals surface area contributed by atoms with Gasteiger partial charge >= 0.3 is 0 Å². The number of hydrogen-bond donors (Lipinski definition) is 2. The van der Waals surface area contributed by atoms with Crippen LogP contribution in [-0.4, -0.2) is 20.2 Å². The van der Waals surface area contributed by atoms with Crippen LogP contribution < -0.4 is 5.32 Å². The number of rotatable bonds is 3. The van der Waals surface area contributed by atoms with Crippen molar-refractivity contribution in [3.63, 3.8) is 0 Å². The molecule has 0 aliphatic rings. The molecule has 0 spiro atoms. The minimum absolute atomic E-state index is 0.728. The number of aromatic nitrogens is 4. The van der Waals surface area contributed by atoms with Crippen molar-refractivity contribution < 1.29 is 0 Å². The first-order valence-corrected chi connectivity index (χ1v) is 5.77. The number of aryl methyl sites for hydroxylation is 1. The standard InChI is InChI=1S/C13H13N5/c1-9-10(3-2-5-14-9)7-16-11-4-6-15-12-8-17-18-13(11)12/h2-6,8H,7H2,1H3,(H,15,16)(H,17,18). The molecule has 0 atom stereocenters. The zero-order valence-corrected chi connectivity index (χ0v) is 10.0. The average molecular weight is 239 g/mol. The molecule has 5 nitrogen and oxygen atoms in total. The zero-order chi connectivity index (χ0) is 12.4. The Morgan fingerprint density at radius 1 is 1.22 bits per heavy atom. The van der Waals surface area contributed by atoms with Crippen LogP contribution in [0.5, 0.6) is 0 Å². The van der Waals surface area contributed by atoms with Crippen molar-refractivity contribution in [2.45, 2.75) is 13.5 Å². The summed E-state index contributed by atoms with van der Waals surface area (Å²) >= 11 is 0.